The Labute approximate surface area is 232 Å². The number of benzene rings is 3. The molecule has 0 saturated carbocycles. The summed E-state index contributed by atoms with van der Waals surface area (Å²) in [6.07, 6.45) is 0. The van der Waals surface area contributed by atoms with Gasteiger partial charge in [0.2, 0.25) is 5.91 Å². The van der Waals surface area contributed by atoms with Crippen molar-refractivity contribution in [1.29, 1.82) is 0 Å². The average Bonchev–Trinajstić information content (AvgIpc) is 2.92. The molecule has 13 heteroatoms. The molecule has 0 atom stereocenters. The first-order chi connectivity index (χ1) is 19.1. The van der Waals surface area contributed by atoms with Crippen LogP contribution >= 0.6 is 0 Å². The Hall–Kier alpha value is -4.46. The fourth-order valence-corrected chi connectivity index (χ4v) is 5.18. The number of nitrogens with zero attached hydrogens (tertiary/aromatic N) is 3. The predicted molar refractivity (Wildman–Crippen MR) is 155 cm³/mol. The SMILES string of the molecule is COc1cc(Nc2nc3ccccc3nc2NS(=O)(=O)c2cc(NC(=O)CN(C)C)ccc2CN)cc(OC)c1. The minimum absolute atomic E-state index is 0.0366. The number of hydrogen-bond donors (Lipinski definition) is 4. The number of anilines is 4. The van der Waals surface area contributed by atoms with E-state index in [1.807, 2.05) is 6.07 Å². The standard InChI is InChI=1S/C27H31N7O5S/c1-34(2)16-25(35)29-18-10-9-17(15-28)24(13-18)40(36,37)33-27-26(31-22-7-5-6-8-23(22)32-27)30-19-11-20(38-3)14-21(12-19)39-4/h5-14H,15-16,28H2,1-4H3,(H,29,35)(H,30,31)(H,32,33). The number of sulfonamides is 1. The molecule has 4 rings (SSSR count). The molecule has 4 aromatic rings. The summed E-state index contributed by atoms with van der Waals surface area (Å²) in [6, 6.07) is 16.8. The lowest BCUT2D eigenvalue weighted by molar-refractivity contribution is -0.116. The summed E-state index contributed by atoms with van der Waals surface area (Å²) < 4.78 is 40.7. The van der Waals surface area contributed by atoms with Gasteiger partial charge in [-0.05, 0) is 43.9 Å². The first-order valence-corrected chi connectivity index (χ1v) is 13.7. The van der Waals surface area contributed by atoms with Crippen LogP contribution in [0, 0.1) is 0 Å². The number of nitrogens with one attached hydrogen (secondary N) is 3. The number of aromatic nitrogens is 2. The Morgan fingerprint density at radius 3 is 2.10 bits per heavy atom. The molecule has 210 valence electrons. The maximum absolute atomic E-state index is 13.7. The molecule has 0 unspecified atom stereocenters. The number of fused-ring (bicyclic) bond motifs is 1. The van der Waals surface area contributed by atoms with Crippen LogP contribution < -0.4 is 30.6 Å². The van der Waals surface area contributed by atoms with Crippen molar-refractivity contribution in [2.45, 2.75) is 11.4 Å². The van der Waals surface area contributed by atoms with Gasteiger partial charge in [0.15, 0.2) is 11.6 Å². The summed E-state index contributed by atoms with van der Waals surface area (Å²) in [6.45, 7) is 0.0933. The summed E-state index contributed by atoms with van der Waals surface area (Å²) in [5.41, 5.74) is 8.12. The van der Waals surface area contributed by atoms with Crippen molar-refractivity contribution in [3.63, 3.8) is 0 Å². The van der Waals surface area contributed by atoms with E-state index in [4.69, 9.17) is 15.2 Å². The highest BCUT2D eigenvalue weighted by Gasteiger charge is 2.23. The van der Waals surface area contributed by atoms with Crippen LogP contribution in [0.4, 0.5) is 23.0 Å². The lowest BCUT2D eigenvalue weighted by Crippen LogP contribution is -2.27. The van der Waals surface area contributed by atoms with E-state index in [1.54, 1.807) is 67.5 Å². The number of likely N-dealkylation sites (N-methyl/N-ethyl adjacent to an activating group) is 1. The van der Waals surface area contributed by atoms with E-state index in [0.717, 1.165) is 0 Å². The van der Waals surface area contributed by atoms with E-state index in [0.29, 0.717) is 39.5 Å². The summed E-state index contributed by atoms with van der Waals surface area (Å²) in [4.78, 5) is 23.0. The molecule has 1 heterocycles. The van der Waals surface area contributed by atoms with Crippen LogP contribution in [0.3, 0.4) is 0 Å². The molecule has 0 spiro atoms. The monoisotopic (exact) mass is 565 g/mol. The van der Waals surface area contributed by atoms with Gasteiger partial charge in [0, 0.05) is 36.1 Å². The average molecular weight is 566 g/mol. The quantitative estimate of drug-likeness (QED) is 0.213. The van der Waals surface area contributed by atoms with Gasteiger partial charge in [-0.1, -0.05) is 18.2 Å². The van der Waals surface area contributed by atoms with Gasteiger partial charge in [-0.2, -0.15) is 0 Å². The number of rotatable bonds is 11. The van der Waals surface area contributed by atoms with Crippen molar-refractivity contribution in [3.05, 3.63) is 66.2 Å². The third-order valence-corrected chi connectivity index (χ3v) is 7.16. The zero-order valence-corrected chi connectivity index (χ0v) is 23.4. The van der Waals surface area contributed by atoms with E-state index in [1.165, 1.54) is 20.3 Å². The van der Waals surface area contributed by atoms with Crippen molar-refractivity contribution < 1.29 is 22.7 Å². The van der Waals surface area contributed by atoms with Crippen LogP contribution in [0.25, 0.3) is 11.0 Å². The predicted octanol–water partition coefficient (Wildman–Crippen LogP) is 3.15. The molecule has 0 aliphatic heterocycles. The number of carbonyl (C=O) groups excluding carboxylic acids is 1. The Kier molecular flexibility index (Phi) is 8.67. The molecular formula is C27H31N7O5S. The molecule has 12 nitrogen and oxygen atoms in total. The second-order valence-electron chi connectivity index (χ2n) is 9.05. The van der Waals surface area contributed by atoms with Gasteiger partial charge in [0.25, 0.3) is 10.0 Å². The molecule has 0 bridgehead atoms. The second kappa shape index (κ2) is 12.2. The third kappa shape index (κ3) is 6.75. The zero-order chi connectivity index (χ0) is 28.9. The van der Waals surface area contributed by atoms with E-state index < -0.39 is 10.0 Å². The van der Waals surface area contributed by atoms with Crippen LogP contribution in [0.15, 0.2) is 65.6 Å². The highest BCUT2D eigenvalue weighted by atomic mass is 32.2. The smallest absolute Gasteiger partial charge is 0.263 e. The van der Waals surface area contributed by atoms with E-state index in [-0.39, 0.29) is 35.5 Å². The van der Waals surface area contributed by atoms with Crippen LogP contribution in [0.1, 0.15) is 5.56 Å². The molecule has 0 aliphatic carbocycles. The van der Waals surface area contributed by atoms with E-state index >= 15 is 0 Å². The first-order valence-electron chi connectivity index (χ1n) is 12.2. The number of carbonyl (C=O) groups is 1. The number of nitrogens with two attached hydrogens (primary N) is 1. The second-order valence-corrected chi connectivity index (χ2v) is 10.7. The fourth-order valence-electron chi connectivity index (χ4n) is 3.90. The van der Waals surface area contributed by atoms with Crippen LogP contribution in [-0.4, -0.2) is 64.1 Å². The number of para-hydroxylation sites is 2. The largest absolute Gasteiger partial charge is 0.497 e. The Morgan fingerprint density at radius 1 is 0.900 bits per heavy atom. The minimum Gasteiger partial charge on any atom is -0.497 e. The van der Waals surface area contributed by atoms with Crippen molar-refractivity contribution in [2.75, 3.05) is 50.2 Å². The number of hydrogen-bond acceptors (Lipinski definition) is 10. The van der Waals surface area contributed by atoms with Gasteiger partial charge in [-0.25, -0.2) is 18.4 Å². The summed E-state index contributed by atoms with van der Waals surface area (Å²) in [7, 11) is 2.34. The normalized spacial score (nSPS) is 11.3. The fraction of sp³-hybridized carbons (Fsp3) is 0.222. The summed E-state index contributed by atoms with van der Waals surface area (Å²) in [5, 5.41) is 5.84. The summed E-state index contributed by atoms with van der Waals surface area (Å²) in [5.74, 6) is 0.882. The third-order valence-electron chi connectivity index (χ3n) is 5.74. The van der Waals surface area contributed by atoms with Crippen molar-refractivity contribution >= 4 is 50.0 Å². The Bertz CT molecular complexity index is 1620. The van der Waals surface area contributed by atoms with Gasteiger partial charge < -0.3 is 30.7 Å². The molecule has 3 aromatic carbocycles. The van der Waals surface area contributed by atoms with Gasteiger partial charge in [0.05, 0.1) is 36.7 Å². The van der Waals surface area contributed by atoms with Crippen molar-refractivity contribution in [2.24, 2.45) is 5.73 Å². The maximum Gasteiger partial charge on any atom is 0.263 e. The molecule has 40 heavy (non-hydrogen) atoms. The van der Waals surface area contributed by atoms with E-state index in [2.05, 4.69) is 25.3 Å². The molecular weight excluding hydrogens is 534 g/mol. The molecule has 0 aliphatic rings. The van der Waals surface area contributed by atoms with Crippen LogP contribution in [0.5, 0.6) is 11.5 Å². The highest BCUT2D eigenvalue weighted by Crippen LogP contribution is 2.32. The summed E-state index contributed by atoms with van der Waals surface area (Å²) >= 11 is 0. The van der Waals surface area contributed by atoms with Crippen molar-refractivity contribution in [1.82, 2.24) is 14.9 Å². The highest BCUT2D eigenvalue weighted by molar-refractivity contribution is 7.92. The lowest BCUT2D eigenvalue weighted by atomic mass is 10.2. The number of amides is 1. The molecule has 1 amide bonds. The molecule has 1 aromatic heterocycles. The Morgan fingerprint density at radius 2 is 1.52 bits per heavy atom. The Balaban J connectivity index is 1.75. The number of ether oxygens (including phenoxy) is 2. The molecule has 5 N–H and O–H groups in total. The van der Waals surface area contributed by atoms with Gasteiger partial charge in [-0.3, -0.25) is 9.52 Å². The topological polar surface area (TPSA) is 161 Å². The molecule has 0 saturated heterocycles. The van der Waals surface area contributed by atoms with E-state index in [9.17, 15) is 13.2 Å². The zero-order valence-electron chi connectivity index (χ0n) is 22.6. The molecule has 0 fully saturated rings. The van der Waals surface area contributed by atoms with Gasteiger partial charge in [0.1, 0.15) is 11.5 Å². The van der Waals surface area contributed by atoms with Gasteiger partial charge >= 0.3 is 0 Å². The van der Waals surface area contributed by atoms with Crippen molar-refractivity contribution in [3.8, 4) is 11.5 Å². The first kappa shape index (κ1) is 28.5. The number of methoxy groups -OCH3 is 2. The lowest BCUT2D eigenvalue weighted by Gasteiger charge is -2.17. The minimum atomic E-state index is -4.23. The molecule has 0 radical (unpaired) electrons. The van der Waals surface area contributed by atoms with Gasteiger partial charge in [-0.15, -0.1) is 0 Å². The van der Waals surface area contributed by atoms with Crippen LogP contribution in [-0.2, 0) is 21.4 Å². The van der Waals surface area contributed by atoms with Crippen LogP contribution in [0.2, 0.25) is 0 Å². The maximum atomic E-state index is 13.7.